The fraction of sp³-hybridized carbons (Fsp3) is 0.400. The molecule has 0 aromatic heterocycles. The molecule has 0 saturated heterocycles. The first-order valence-corrected chi connectivity index (χ1v) is 5.13. The third-order valence-corrected chi connectivity index (χ3v) is 2.28. The molecule has 3 nitrogen and oxygen atoms in total. The van der Waals surface area contributed by atoms with Gasteiger partial charge >= 0.3 is 0 Å². The highest BCUT2D eigenvalue weighted by Gasteiger charge is 2.10. The lowest BCUT2D eigenvalue weighted by molar-refractivity contribution is -0.0485. The van der Waals surface area contributed by atoms with E-state index in [2.05, 4.69) is 0 Å². The Labute approximate surface area is 93.5 Å². The third kappa shape index (κ3) is 2.97. The van der Waals surface area contributed by atoms with Gasteiger partial charge in [0, 0.05) is 19.2 Å². The first kappa shape index (κ1) is 12.1. The van der Waals surface area contributed by atoms with E-state index >= 15 is 0 Å². The van der Waals surface area contributed by atoms with E-state index in [9.17, 15) is 4.39 Å². The van der Waals surface area contributed by atoms with Gasteiger partial charge in [-0.3, -0.25) is 0 Å². The number of hydroxylamine groups is 2. The number of benzene rings is 1. The van der Waals surface area contributed by atoms with Gasteiger partial charge in [0.2, 0.25) is 0 Å². The number of nitrogens with two attached hydrogens (primary N) is 1. The zero-order valence-corrected chi connectivity index (χ0v) is 9.51. The van der Waals surface area contributed by atoms with Gasteiger partial charge in [-0.15, -0.1) is 5.06 Å². The normalized spacial score (nSPS) is 10.7. The van der Waals surface area contributed by atoms with Crippen LogP contribution in [0, 0.1) is 5.82 Å². The molecule has 0 radical (unpaired) electrons. The Kier molecular flexibility index (Phi) is 4.17. The SMILES string of the molecule is CCN(CC)Oc1cc(N)c(F)cc1Cl. The molecule has 15 heavy (non-hydrogen) atoms. The highest BCUT2D eigenvalue weighted by atomic mass is 35.5. The fourth-order valence-electron chi connectivity index (χ4n) is 1.11. The van der Waals surface area contributed by atoms with Gasteiger partial charge in [0.05, 0.1) is 10.7 Å². The second-order valence-corrected chi connectivity index (χ2v) is 3.42. The first-order valence-electron chi connectivity index (χ1n) is 4.75. The summed E-state index contributed by atoms with van der Waals surface area (Å²) in [6, 6.07) is 2.53. The number of rotatable bonds is 4. The summed E-state index contributed by atoms with van der Waals surface area (Å²) in [5.41, 5.74) is 5.45. The average molecular weight is 233 g/mol. The van der Waals surface area contributed by atoms with Gasteiger partial charge in [-0.25, -0.2) is 4.39 Å². The lowest BCUT2D eigenvalue weighted by atomic mass is 10.3. The molecule has 2 N–H and O–H groups in total. The van der Waals surface area contributed by atoms with Crippen molar-refractivity contribution >= 4 is 17.3 Å². The monoisotopic (exact) mass is 232 g/mol. The van der Waals surface area contributed by atoms with Crippen molar-refractivity contribution < 1.29 is 9.23 Å². The molecule has 0 aliphatic rings. The van der Waals surface area contributed by atoms with Crippen molar-refractivity contribution in [2.24, 2.45) is 0 Å². The molecular weight excluding hydrogens is 219 g/mol. The molecule has 1 aromatic rings. The number of nitrogen functional groups attached to an aromatic ring is 1. The van der Waals surface area contributed by atoms with E-state index in [0.717, 1.165) is 6.07 Å². The third-order valence-electron chi connectivity index (χ3n) is 1.98. The van der Waals surface area contributed by atoms with Crippen LogP contribution in [0.4, 0.5) is 10.1 Å². The summed E-state index contributed by atoms with van der Waals surface area (Å²) in [6.07, 6.45) is 0. The molecule has 1 aromatic carbocycles. The summed E-state index contributed by atoms with van der Waals surface area (Å²) in [5.74, 6) is -0.161. The van der Waals surface area contributed by atoms with E-state index in [1.807, 2.05) is 13.8 Å². The predicted octanol–water partition coefficient (Wildman–Crippen LogP) is 2.70. The number of anilines is 1. The second-order valence-electron chi connectivity index (χ2n) is 3.01. The molecule has 0 saturated carbocycles. The standard InChI is InChI=1S/C10H14ClFN2O/c1-3-14(4-2)15-10-6-9(13)8(12)5-7(10)11/h5-6H,3-4,13H2,1-2H3. The molecule has 1 rings (SSSR count). The fourth-order valence-corrected chi connectivity index (χ4v) is 1.29. The van der Waals surface area contributed by atoms with Crippen molar-refractivity contribution in [3.63, 3.8) is 0 Å². The largest absolute Gasteiger partial charge is 0.404 e. The summed E-state index contributed by atoms with van der Waals surface area (Å²) in [6.45, 7) is 5.32. The molecule has 0 atom stereocenters. The quantitative estimate of drug-likeness (QED) is 0.641. The maximum absolute atomic E-state index is 13.0. The maximum atomic E-state index is 13.0. The van der Waals surface area contributed by atoms with Gasteiger partial charge in [0.15, 0.2) is 5.75 Å². The molecule has 5 heteroatoms. The topological polar surface area (TPSA) is 38.5 Å². The molecule has 84 valence electrons. The van der Waals surface area contributed by atoms with Crippen molar-refractivity contribution in [1.29, 1.82) is 0 Å². The lowest BCUT2D eigenvalue weighted by Crippen LogP contribution is -2.26. The Morgan fingerprint density at radius 1 is 1.40 bits per heavy atom. The van der Waals surface area contributed by atoms with E-state index in [1.165, 1.54) is 6.07 Å². The maximum Gasteiger partial charge on any atom is 0.168 e. The minimum Gasteiger partial charge on any atom is -0.404 e. The van der Waals surface area contributed by atoms with Crippen LogP contribution in [0.1, 0.15) is 13.8 Å². The van der Waals surface area contributed by atoms with Crippen LogP contribution in [0.3, 0.4) is 0 Å². The minimum atomic E-state index is -0.535. The van der Waals surface area contributed by atoms with E-state index in [1.54, 1.807) is 5.06 Å². The lowest BCUT2D eigenvalue weighted by Gasteiger charge is -2.19. The zero-order valence-electron chi connectivity index (χ0n) is 8.76. The molecule has 0 bridgehead atoms. The second kappa shape index (κ2) is 5.19. The average Bonchev–Trinajstić information content (AvgIpc) is 2.21. The van der Waals surface area contributed by atoms with Crippen molar-refractivity contribution in [2.45, 2.75) is 13.8 Å². The molecule has 0 unspecified atom stereocenters. The van der Waals surface area contributed by atoms with Crippen LogP contribution in [0.25, 0.3) is 0 Å². The van der Waals surface area contributed by atoms with Crippen LogP contribution >= 0.6 is 11.6 Å². The smallest absolute Gasteiger partial charge is 0.168 e. The summed E-state index contributed by atoms with van der Waals surface area (Å²) >= 11 is 5.81. The van der Waals surface area contributed by atoms with Gasteiger partial charge in [-0.2, -0.15) is 0 Å². The molecular formula is C10H14ClFN2O. The van der Waals surface area contributed by atoms with Gasteiger partial charge in [-0.05, 0) is 19.9 Å². The summed E-state index contributed by atoms with van der Waals surface area (Å²) in [7, 11) is 0. The highest BCUT2D eigenvalue weighted by Crippen LogP contribution is 2.29. The van der Waals surface area contributed by atoms with E-state index in [4.69, 9.17) is 22.2 Å². The Morgan fingerprint density at radius 2 is 2.00 bits per heavy atom. The molecule has 0 aliphatic carbocycles. The molecule has 0 amide bonds. The minimum absolute atomic E-state index is 0.0292. The van der Waals surface area contributed by atoms with Gasteiger partial charge in [0.1, 0.15) is 5.82 Å². The van der Waals surface area contributed by atoms with E-state index in [0.29, 0.717) is 18.8 Å². The summed E-state index contributed by atoms with van der Waals surface area (Å²) in [5, 5.41) is 1.91. The Bertz CT molecular complexity index is 342. The van der Waals surface area contributed by atoms with Crippen molar-refractivity contribution in [3.05, 3.63) is 23.0 Å². The van der Waals surface area contributed by atoms with Crippen LogP contribution in [-0.4, -0.2) is 18.2 Å². The summed E-state index contributed by atoms with van der Waals surface area (Å²) < 4.78 is 13.0. The number of nitrogens with zero attached hydrogens (tertiary/aromatic N) is 1. The first-order chi connectivity index (χ1) is 7.08. The Balaban J connectivity index is 2.89. The van der Waals surface area contributed by atoms with E-state index in [-0.39, 0.29) is 10.7 Å². The highest BCUT2D eigenvalue weighted by molar-refractivity contribution is 6.32. The van der Waals surface area contributed by atoms with Gasteiger partial charge in [-0.1, -0.05) is 11.6 Å². The van der Waals surface area contributed by atoms with Crippen molar-refractivity contribution in [3.8, 4) is 5.75 Å². The van der Waals surface area contributed by atoms with E-state index < -0.39 is 5.82 Å². The Hall–Kier alpha value is -1.00. The van der Waals surface area contributed by atoms with Crippen LogP contribution in [0.15, 0.2) is 12.1 Å². The van der Waals surface area contributed by atoms with Crippen LogP contribution in [-0.2, 0) is 0 Å². The van der Waals surface area contributed by atoms with Crippen molar-refractivity contribution in [1.82, 2.24) is 5.06 Å². The summed E-state index contributed by atoms with van der Waals surface area (Å²) in [4.78, 5) is 5.43. The van der Waals surface area contributed by atoms with Crippen molar-refractivity contribution in [2.75, 3.05) is 18.8 Å². The number of halogens is 2. The molecule has 0 aliphatic heterocycles. The van der Waals surface area contributed by atoms with Gasteiger partial charge in [0.25, 0.3) is 0 Å². The molecule has 0 spiro atoms. The zero-order chi connectivity index (χ0) is 11.4. The number of hydrogen-bond donors (Lipinski definition) is 1. The van der Waals surface area contributed by atoms with Gasteiger partial charge < -0.3 is 10.6 Å². The van der Waals surface area contributed by atoms with Crippen LogP contribution < -0.4 is 10.6 Å². The Morgan fingerprint density at radius 3 is 2.53 bits per heavy atom. The van der Waals surface area contributed by atoms with Crippen LogP contribution in [0.5, 0.6) is 5.75 Å². The predicted molar refractivity (Wildman–Crippen MR) is 59.4 cm³/mol. The van der Waals surface area contributed by atoms with Crippen LogP contribution in [0.2, 0.25) is 5.02 Å². The molecule has 0 heterocycles. The molecule has 0 fully saturated rings. The number of hydrogen-bond acceptors (Lipinski definition) is 3.